The minimum absolute atomic E-state index is 0. The van der Waals surface area contributed by atoms with E-state index in [1.54, 1.807) is 6.26 Å². The molecule has 25 heavy (non-hydrogen) atoms. The van der Waals surface area contributed by atoms with Gasteiger partial charge >= 0.3 is 0 Å². The van der Waals surface area contributed by atoms with Gasteiger partial charge in [-0.15, -0.1) is 24.0 Å². The first-order valence-corrected chi connectivity index (χ1v) is 8.78. The maximum Gasteiger partial charge on any atom is 0.226 e. The van der Waals surface area contributed by atoms with Gasteiger partial charge < -0.3 is 15.1 Å². The van der Waals surface area contributed by atoms with Gasteiger partial charge in [0.05, 0.1) is 6.54 Å². The zero-order chi connectivity index (χ0) is 17.2. The predicted octanol–water partition coefficient (Wildman–Crippen LogP) is 4.45. The molecule has 2 N–H and O–H groups in total. The Bertz CT molecular complexity index is 623. The molecule has 0 unspecified atom stereocenters. The first kappa shape index (κ1) is 21.5. The van der Waals surface area contributed by atoms with Crippen LogP contribution in [0.2, 0.25) is 0 Å². The molecule has 1 aromatic carbocycles. The Labute approximate surface area is 167 Å². The van der Waals surface area contributed by atoms with E-state index in [1.165, 1.54) is 12.8 Å². The number of hydrogen-bond donors (Lipinski definition) is 2. The van der Waals surface area contributed by atoms with Gasteiger partial charge in [0.2, 0.25) is 5.89 Å². The molecule has 0 radical (unpaired) electrons. The Morgan fingerprint density at radius 3 is 2.48 bits per heavy atom. The van der Waals surface area contributed by atoms with Crippen LogP contribution < -0.4 is 10.6 Å². The third-order valence-corrected chi connectivity index (χ3v) is 4.03. The third-order valence-electron chi connectivity index (χ3n) is 4.03. The summed E-state index contributed by atoms with van der Waals surface area (Å²) >= 11 is 0. The third kappa shape index (κ3) is 7.05. The molecule has 2 rings (SSSR count). The van der Waals surface area contributed by atoms with Crippen molar-refractivity contribution in [1.29, 1.82) is 0 Å². The van der Waals surface area contributed by atoms with E-state index in [0.29, 0.717) is 18.4 Å². The quantitative estimate of drug-likeness (QED) is 0.350. The number of aliphatic imine (C=N–C) groups is 1. The summed E-state index contributed by atoms with van der Waals surface area (Å²) in [5, 5.41) is 6.69. The van der Waals surface area contributed by atoms with Gasteiger partial charge in [-0.2, -0.15) is 0 Å². The van der Waals surface area contributed by atoms with Crippen molar-refractivity contribution in [2.75, 3.05) is 13.1 Å². The van der Waals surface area contributed by atoms with Crippen molar-refractivity contribution in [3.8, 4) is 11.5 Å². The second-order valence-electron chi connectivity index (χ2n) is 5.77. The van der Waals surface area contributed by atoms with E-state index in [4.69, 9.17) is 4.42 Å². The van der Waals surface area contributed by atoms with Crippen LogP contribution in [0, 0.1) is 5.92 Å². The van der Waals surface area contributed by atoms with Crippen molar-refractivity contribution < 1.29 is 4.42 Å². The maximum absolute atomic E-state index is 5.55. The highest BCUT2D eigenvalue weighted by Crippen LogP contribution is 2.18. The summed E-state index contributed by atoms with van der Waals surface area (Å²) in [6.07, 6.45) is 4.02. The summed E-state index contributed by atoms with van der Waals surface area (Å²) < 4.78 is 5.55. The number of halogens is 1. The molecule has 5 nitrogen and oxygen atoms in total. The average molecular weight is 456 g/mol. The Morgan fingerprint density at radius 2 is 1.84 bits per heavy atom. The molecule has 2 aromatic rings. The average Bonchev–Trinajstić information content (AvgIpc) is 3.10. The number of benzene rings is 1. The summed E-state index contributed by atoms with van der Waals surface area (Å²) in [7, 11) is 0. The fourth-order valence-corrected chi connectivity index (χ4v) is 2.41. The van der Waals surface area contributed by atoms with E-state index in [2.05, 4.69) is 41.4 Å². The molecule has 0 spiro atoms. The molecule has 0 aliphatic rings. The van der Waals surface area contributed by atoms with Gasteiger partial charge in [0.15, 0.2) is 5.96 Å². The summed E-state index contributed by atoms with van der Waals surface area (Å²) in [6, 6.07) is 9.90. The molecule has 0 amide bonds. The molecule has 0 aliphatic heterocycles. The molecular formula is C19H29IN4O. The Balaban J connectivity index is 0.00000312. The fourth-order valence-electron chi connectivity index (χ4n) is 2.41. The second kappa shape index (κ2) is 11.9. The van der Waals surface area contributed by atoms with Crippen LogP contribution in [-0.4, -0.2) is 24.0 Å². The van der Waals surface area contributed by atoms with Gasteiger partial charge in [-0.25, -0.2) is 9.98 Å². The molecule has 0 bridgehead atoms. The fraction of sp³-hybridized carbons (Fsp3) is 0.474. The molecule has 1 heterocycles. The van der Waals surface area contributed by atoms with Crippen molar-refractivity contribution in [3.63, 3.8) is 0 Å². The lowest BCUT2D eigenvalue weighted by Gasteiger charge is -2.16. The molecule has 0 atom stereocenters. The van der Waals surface area contributed by atoms with Crippen LogP contribution in [-0.2, 0) is 6.54 Å². The van der Waals surface area contributed by atoms with Gasteiger partial charge in [-0.1, -0.05) is 44.9 Å². The Hall–Kier alpha value is -1.57. The van der Waals surface area contributed by atoms with Crippen molar-refractivity contribution >= 4 is 29.9 Å². The largest absolute Gasteiger partial charge is 0.444 e. The lowest BCUT2D eigenvalue weighted by molar-refractivity contribution is 0.481. The summed E-state index contributed by atoms with van der Waals surface area (Å²) in [4.78, 5) is 9.11. The monoisotopic (exact) mass is 456 g/mol. The van der Waals surface area contributed by atoms with Crippen LogP contribution in [0.5, 0.6) is 0 Å². The van der Waals surface area contributed by atoms with Crippen LogP contribution in [0.1, 0.15) is 39.3 Å². The Morgan fingerprint density at radius 1 is 1.12 bits per heavy atom. The van der Waals surface area contributed by atoms with Crippen molar-refractivity contribution in [2.24, 2.45) is 10.9 Å². The van der Waals surface area contributed by atoms with Crippen molar-refractivity contribution in [2.45, 2.75) is 40.2 Å². The minimum Gasteiger partial charge on any atom is -0.444 e. The highest BCUT2D eigenvalue weighted by molar-refractivity contribution is 14.0. The smallest absolute Gasteiger partial charge is 0.226 e. The topological polar surface area (TPSA) is 62.5 Å². The van der Waals surface area contributed by atoms with Gasteiger partial charge in [0.1, 0.15) is 12.0 Å². The van der Waals surface area contributed by atoms with E-state index >= 15 is 0 Å². The first-order valence-electron chi connectivity index (χ1n) is 8.78. The lowest BCUT2D eigenvalue weighted by Crippen LogP contribution is -2.39. The molecule has 0 saturated carbocycles. The zero-order valence-corrected chi connectivity index (χ0v) is 17.6. The van der Waals surface area contributed by atoms with Crippen LogP contribution in [0.4, 0.5) is 0 Å². The van der Waals surface area contributed by atoms with Crippen LogP contribution >= 0.6 is 24.0 Å². The highest BCUT2D eigenvalue weighted by Gasteiger charge is 2.07. The number of hydrogen-bond acceptors (Lipinski definition) is 3. The highest BCUT2D eigenvalue weighted by atomic mass is 127. The van der Waals surface area contributed by atoms with E-state index in [1.807, 2.05) is 30.3 Å². The van der Waals surface area contributed by atoms with Crippen LogP contribution in [0.25, 0.3) is 11.5 Å². The van der Waals surface area contributed by atoms with Gasteiger partial charge in [-0.05, 0) is 25.0 Å². The maximum atomic E-state index is 5.55. The predicted molar refractivity (Wildman–Crippen MR) is 114 cm³/mol. The van der Waals surface area contributed by atoms with E-state index in [-0.39, 0.29) is 24.0 Å². The standard InChI is InChI=1S/C19H28N4O.HI/c1-4-15(5-2)12-21-19(20-6-3)22-13-17-14-24-18(23-17)16-10-8-7-9-11-16;/h7-11,14-15H,4-6,12-13H2,1-3H3,(H2,20,21,22);1H. The van der Waals surface area contributed by atoms with Gasteiger partial charge in [0.25, 0.3) is 0 Å². The number of guanidine groups is 1. The minimum atomic E-state index is 0. The van der Waals surface area contributed by atoms with Gasteiger partial charge in [-0.3, -0.25) is 0 Å². The summed E-state index contributed by atoms with van der Waals surface area (Å²) in [5.74, 6) is 2.13. The normalized spacial score (nSPS) is 11.3. The molecule has 6 heteroatoms. The number of rotatable bonds is 8. The molecule has 1 aromatic heterocycles. The van der Waals surface area contributed by atoms with E-state index in [0.717, 1.165) is 30.3 Å². The number of aromatic nitrogens is 1. The zero-order valence-electron chi connectivity index (χ0n) is 15.3. The lowest BCUT2D eigenvalue weighted by atomic mass is 10.0. The number of nitrogens with zero attached hydrogens (tertiary/aromatic N) is 2. The Kier molecular flexibility index (Phi) is 10.2. The SMILES string of the molecule is CCNC(=NCc1coc(-c2ccccc2)n1)NCC(CC)CC.I. The molecular weight excluding hydrogens is 427 g/mol. The van der Waals surface area contributed by atoms with Gasteiger partial charge in [0, 0.05) is 18.7 Å². The molecule has 0 aliphatic carbocycles. The van der Waals surface area contributed by atoms with Crippen molar-refractivity contribution in [1.82, 2.24) is 15.6 Å². The van der Waals surface area contributed by atoms with Crippen LogP contribution in [0.15, 0.2) is 46.0 Å². The molecule has 0 saturated heterocycles. The summed E-state index contributed by atoms with van der Waals surface area (Å²) in [6.45, 7) is 8.78. The van der Waals surface area contributed by atoms with Crippen molar-refractivity contribution in [3.05, 3.63) is 42.3 Å². The number of oxazole rings is 1. The first-order chi connectivity index (χ1) is 11.8. The second-order valence-corrected chi connectivity index (χ2v) is 5.77. The van der Waals surface area contributed by atoms with E-state index < -0.39 is 0 Å². The van der Waals surface area contributed by atoms with E-state index in [9.17, 15) is 0 Å². The summed E-state index contributed by atoms with van der Waals surface area (Å²) in [5.41, 5.74) is 1.81. The number of nitrogens with one attached hydrogen (secondary N) is 2. The van der Waals surface area contributed by atoms with Crippen LogP contribution in [0.3, 0.4) is 0 Å². The molecule has 0 fully saturated rings. The molecule has 138 valence electrons.